The summed E-state index contributed by atoms with van der Waals surface area (Å²) in [4.78, 5) is 26.3. The van der Waals surface area contributed by atoms with Crippen LogP contribution in [0, 0.1) is 6.92 Å². The fraction of sp³-hybridized carbons (Fsp3) is 0.133. The zero-order valence-electron chi connectivity index (χ0n) is 11.6. The van der Waals surface area contributed by atoms with Crippen LogP contribution in [-0.4, -0.2) is 25.7 Å². The van der Waals surface area contributed by atoms with Crippen LogP contribution in [0.4, 0.5) is 0 Å². The maximum atomic E-state index is 12.4. The van der Waals surface area contributed by atoms with Gasteiger partial charge in [-0.05, 0) is 19.1 Å². The lowest BCUT2D eigenvalue weighted by molar-refractivity contribution is -0.136. The monoisotopic (exact) mass is 317 g/mol. The van der Waals surface area contributed by atoms with Crippen LogP contribution in [-0.2, 0) is 11.2 Å². The molecule has 0 amide bonds. The molecule has 0 saturated carbocycles. The standard InChI is InChI=1S/C15H12ClN3O3/c1-8-11(6-14(20)21)15(22)19-13(17-8)7-12(18-19)9-3-2-4-10(16)5-9/h2-5,7,17H,6H2,1H3,(H,20,21). The SMILES string of the molecule is Cc1[nH]c2cc(-c3cccc(Cl)c3)nn2c(=O)c1CC(=O)O. The van der Waals surface area contributed by atoms with Gasteiger partial charge in [0.1, 0.15) is 5.65 Å². The Labute approximate surface area is 130 Å². The Hall–Kier alpha value is -2.60. The minimum atomic E-state index is -1.06. The lowest BCUT2D eigenvalue weighted by Gasteiger charge is -2.03. The third-order valence-corrected chi connectivity index (χ3v) is 3.61. The largest absolute Gasteiger partial charge is 0.481 e. The lowest BCUT2D eigenvalue weighted by atomic mass is 10.1. The van der Waals surface area contributed by atoms with E-state index in [1.807, 2.05) is 6.07 Å². The van der Waals surface area contributed by atoms with Gasteiger partial charge in [-0.2, -0.15) is 9.61 Å². The first-order valence-corrected chi connectivity index (χ1v) is 6.93. The Morgan fingerprint density at radius 1 is 1.41 bits per heavy atom. The average Bonchev–Trinajstić information content (AvgIpc) is 2.87. The Morgan fingerprint density at radius 2 is 2.18 bits per heavy atom. The van der Waals surface area contributed by atoms with Crippen LogP contribution in [0.3, 0.4) is 0 Å². The van der Waals surface area contributed by atoms with E-state index in [2.05, 4.69) is 10.1 Å². The van der Waals surface area contributed by atoms with Gasteiger partial charge in [-0.1, -0.05) is 23.7 Å². The first-order valence-electron chi connectivity index (χ1n) is 6.55. The molecule has 1 aromatic carbocycles. The fourth-order valence-electron chi connectivity index (χ4n) is 2.33. The van der Waals surface area contributed by atoms with Gasteiger partial charge in [-0.3, -0.25) is 9.59 Å². The molecule has 2 heterocycles. The number of hydrogen-bond donors (Lipinski definition) is 2. The number of carbonyl (C=O) groups is 1. The van der Waals surface area contributed by atoms with Crippen molar-refractivity contribution < 1.29 is 9.90 Å². The Balaban J connectivity index is 2.20. The number of aromatic nitrogens is 3. The molecule has 0 aliphatic rings. The maximum absolute atomic E-state index is 12.4. The van der Waals surface area contributed by atoms with Crippen molar-refractivity contribution in [3.05, 3.63) is 57.0 Å². The van der Waals surface area contributed by atoms with E-state index in [1.54, 1.807) is 31.2 Å². The first kappa shape index (κ1) is 14.3. The van der Waals surface area contributed by atoms with E-state index in [-0.39, 0.29) is 12.0 Å². The second-order valence-corrected chi connectivity index (χ2v) is 5.38. The zero-order chi connectivity index (χ0) is 15.9. The van der Waals surface area contributed by atoms with Crippen molar-refractivity contribution in [1.29, 1.82) is 0 Å². The van der Waals surface area contributed by atoms with Crippen LogP contribution < -0.4 is 5.56 Å². The summed E-state index contributed by atoms with van der Waals surface area (Å²) < 4.78 is 1.18. The minimum absolute atomic E-state index is 0.195. The first-order chi connectivity index (χ1) is 10.5. The van der Waals surface area contributed by atoms with E-state index in [4.69, 9.17) is 16.7 Å². The third kappa shape index (κ3) is 2.48. The van der Waals surface area contributed by atoms with Crippen molar-refractivity contribution in [2.75, 3.05) is 0 Å². The number of hydrogen-bond acceptors (Lipinski definition) is 3. The minimum Gasteiger partial charge on any atom is -0.481 e. The summed E-state index contributed by atoms with van der Waals surface area (Å²) >= 11 is 5.96. The van der Waals surface area contributed by atoms with E-state index < -0.39 is 11.5 Å². The number of carboxylic acid groups (broad SMARTS) is 1. The van der Waals surface area contributed by atoms with Crippen molar-refractivity contribution in [2.24, 2.45) is 0 Å². The molecule has 0 aliphatic heterocycles. The second kappa shape index (κ2) is 5.31. The quantitative estimate of drug-likeness (QED) is 0.775. The number of halogens is 1. The van der Waals surface area contributed by atoms with E-state index in [0.717, 1.165) is 5.56 Å². The van der Waals surface area contributed by atoms with Gasteiger partial charge < -0.3 is 10.1 Å². The van der Waals surface area contributed by atoms with Crippen molar-refractivity contribution in [1.82, 2.24) is 14.6 Å². The normalized spacial score (nSPS) is 11.0. The molecule has 0 aliphatic carbocycles. The highest BCUT2D eigenvalue weighted by atomic mass is 35.5. The third-order valence-electron chi connectivity index (χ3n) is 3.38. The molecular formula is C15H12ClN3O3. The van der Waals surface area contributed by atoms with Gasteiger partial charge in [0.05, 0.1) is 12.1 Å². The number of aromatic amines is 1. The van der Waals surface area contributed by atoms with Gasteiger partial charge in [0.25, 0.3) is 5.56 Å². The highest BCUT2D eigenvalue weighted by Gasteiger charge is 2.15. The predicted molar refractivity (Wildman–Crippen MR) is 82.3 cm³/mol. The molecule has 0 spiro atoms. The van der Waals surface area contributed by atoms with Gasteiger partial charge >= 0.3 is 5.97 Å². The predicted octanol–water partition coefficient (Wildman–Crippen LogP) is 2.28. The number of benzene rings is 1. The molecule has 6 nitrogen and oxygen atoms in total. The summed E-state index contributed by atoms with van der Waals surface area (Å²) in [7, 11) is 0. The molecular weight excluding hydrogens is 306 g/mol. The van der Waals surface area contributed by atoms with Crippen LogP contribution >= 0.6 is 11.6 Å². The molecule has 7 heteroatoms. The Kier molecular flexibility index (Phi) is 3.46. The highest BCUT2D eigenvalue weighted by Crippen LogP contribution is 2.22. The Bertz CT molecular complexity index is 943. The molecule has 0 atom stereocenters. The molecule has 0 unspecified atom stereocenters. The van der Waals surface area contributed by atoms with Crippen LogP contribution in [0.15, 0.2) is 35.1 Å². The van der Waals surface area contributed by atoms with Crippen molar-refractivity contribution in [3.8, 4) is 11.3 Å². The number of rotatable bonds is 3. The van der Waals surface area contributed by atoms with Gasteiger partial charge in [0, 0.05) is 27.9 Å². The van der Waals surface area contributed by atoms with Gasteiger partial charge in [-0.15, -0.1) is 0 Å². The van der Waals surface area contributed by atoms with E-state index in [1.165, 1.54) is 4.52 Å². The zero-order valence-corrected chi connectivity index (χ0v) is 12.4. The summed E-state index contributed by atoms with van der Waals surface area (Å²) in [6, 6.07) is 8.86. The molecule has 2 aromatic heterocycles. The van der Waals surface area contributed by atoms with Crippen LogP contribution in [0.2, 0.25) is 5.02 Å². The summed E-state index contributed by atoms with van der Waals surface area (Å²) in [5.74, 6) is -1.06. The lowest BCUT2D eigenvalue weighted by Crippen LogP contribution is -2.23. The van der Waals surface area contributed by atoms with E-state index in [9.17, 15) is 9.59 Å². The summed E-state index contributed by atoms with van der Waals surface area (Å²) in [6.07, 6.45) is -0.344. The van der Waals surface area contributed by atoms with Gasteiger partial charge in [0.15, 0.2) is 0 Å². The number of H-pyrrole nitrogens is 1. The molecule has 3 rings (SSSR count). The smallest absolute Gasteiger partial charge is 0.308 e. The molecule has 22 heavy (non-hydrogen) atoms. The summed E-state index contributed by atoms with van der Waals surface area (Å²) in [5, 5.41) is 13.7. The molecule has 112 valence electrons. The number of aryl methyl sites for hydroxylation is 1. The molecule has 0 fully saturated rings. The van der Waals surface area contributed by atoms with E-state index in [0.29, 0.717) is 22.1 Å². The fourth-order valence-corrected chi connectivity index (χ4v) is 2.52. The average molecular weight is 318 g/mol. The number of carboxylic acids is 1. The number of fused-ring (bicyclic) bond motifs is 1. The van der Waals surface area contributed by atoms with Crippen LogP contribution in [0.5, 0.6) is 0 Å². The number of aliphatic carboxylic acids is 1. The van der Waals surface area contributed by atoms with Crippen molar-refractivity contribution in [2.45, 2.75) is 13.3 Å². The van der Waals surface area contributed by atoms with E-state index >= 15 is 0 Å². The molecule has 0 saturated heterocycles. The van der Waals surface area contributed by atoms with Crippen LogP contribution in [0.1, 0.15) is 11.3 Å². The number of nitrogens with one attached hydrogen (secondary N) is 1. The topological polar surface area (TPSA) is 87.5 Å². The number of nitrogens with zero attached hydrogens (tertiary/aromatic N) is 2. The second-order valence-electron chi connectivity index (χ2n) is 4.94. The molecule has 2 N–H and O–H groups in total. The van der Waals surface area contributed by atoms with Gasteiger partial charge in [0.2, 0.25) is 0 Å². The molecule has 0 radical (unpaired) electrons. The molecule has 3 aromatic rings. The summed E-state index contributed by atoms with van der Waals surface area (Å²) in [5.41, 5.74) is 2.16. The molecule has 0 bridgehead atoms. The van der Waals surface area contributed by atoms with Crippen LogP contribution in [0.25, 0.3) is 16.9 Å². The Morgan fingerprint density at radius 3 is 2.86 bits per heavy atom. The highest BCUT2D eigenvalue weighted by molar-refractivity contribution is 6.30. The van der Waals surface area contributed by atoms with Gasteiger partial charge in [-0.25, -0.2) is 0 Å². The maximum Gasteiger partial charge on any atom is 0.308 e. The van der Waals surface area contributed by atoms with Crippen molar-refractivity contribution >= 4 is 23.2 Å². The summed E-state index contributed by atoms with van der Waals surface area (Å²) in [6.45, 7) is 1.67. The van der Waals surface area contributed by atoms with Crippen molar-refractivity contribution in [3.63, 3.8) is 0 Å².